The zero-order valence-corrected chi connectivity index (χ0v) is 10.6. The quantitative estimate of drug-likeness (QED) is 0.831. The number of anilines is 1. The SMILES string of the molecule is Cc1c(N)cccc1C(=O)NCc1cccc(F)c1. The van der Waals surface area contributed by atoms with E-state index in [1.54, 1.807) is 37.3 Å². The van der Waals surface area contributed by atoms with Gasteiger partial charge in [-0.1, -0.05) is 18.2 Å². The van der Waals surface area contributed by atoms with Crippen LogP contribution in [-0.2, 0) is 6.54 Å². The first-order valence-corrected chi connectivity index (χ1v) is 5.95. The number of nitrogens with one attached hydrogen (secondary N) is 1. The van der Waals surface area contributed by atoms with Crippen LogP contribution in [0, 0.1) is 12.7 Å². The third-order valence-electron chi connectivity index (χ3n) is 2.96. The van der Waals surface area contributed by atoms with Crippen LogP contribution >= 0.6 is 0 Å². The summed E-state index contributed by atoms with van der Waals surface area (Å²) < 4.78 is 13.0. The molecule has 0 saturated carbocycles. The summed E-state index contributed by atoms with van der Waals surface area (Å²) in [6, 6.07) is 11.3. The van der Waals surface area contributed by atoms with Crippen LogP contribution < -0.4 is 11.1 Å². The lowest BCUT2D eigenvalue weighted by Crippen LogP contribution is -2.23. The summed E-state index contributed by atoms with van der Waals surface area (Å²) in [5.41, 5.74) is 8.34. The average molecular weight is 258 g/mol. The lowest BCUT2D eigenvalue weighted by Gasteiger charge is -2.09. The number of nitrogen functional groups attached to an aromatic ring is 1. The average Bonchev–Trinajstić information content (AvgIpc) is 2.39. The van der Waals surface area contributed by atoms with E-state index < -0.39 is 0 Å². The van der Waals surface area contributed by atoms with Gasteiger partial charge >= 0.3 is 0 Å². The highest BCUT2D eigenvalue weighted by atomic mass is 19.1. The Morgan fingerprint density at radius 3 is 2.74 bits per heavy atom. The molecule has 3 N–H and O–H groups in total. The minimum Gasteiger partial charge on any atom is -0.398 e. The molecule has 0 heterocycles. The monoisotopic (exact) mass is 258 g/mol. The number of hydrogen-bond donors (Lipinski definition) is 2. The van der Waals surface area contributed by atoms with Crippen molar-refractivity contribution >= 4 is 11.6 Å². The molecular formula is C15H15FN2O. The second-order valence-electron chi connectivity index (χ2n) is 4.33. The molecule has 2 aromatic carbocycles. The lowest BCUT2D eigenvalue weighted by molar-refractivity contribution is 0.0950. The molecule has 19 heavy (non-hydrogen) atoms. The molecule has 0 spiro atoms. The van der Waals surface area contributed by atoms with Gasteiger partial charge in [-0.15, -0.1) is 0 Å². The van der Waals surface area contributed by atoms with Gasteiger partial charge in [-0.05, 0) is 42.3 Å². The smallest absolute Gasteiger partial charge is 0.251 e. The van der Waals surface area contributed by atoms with Gasteiger partial charge in [-0.2, -0.15) is 0 Å². The summed E-state index contributed by atoms with van der Waals surface area (Å²) >= 11 is 0. The number of benzene rings is 2. The Morgan fingerprint density at radius 1 is 1.26 bits per heavy atom. The first kappa shape index (κ1) is 13.1. The van der Waals surface area contributed by atoms with Crippen molar-refractivity contribution in [2.24, 2.45) is 0 Å². The van der Waals surface area contributed by atoms with Crippen LogP contribution in [0.5, 0.6) is 0 Å². The summed E-state index contributed by atoms with van der Waals surface area (Å²) in [6.07, 6.45) is 0. The summed E-state index contributed by atoms with van der Waals surface area (Å²) in [6.45, 7) is 2.08. The van der Waals surface area contributed by atoms with Gasteiger partial charge in [-0.3, -0.25) is 4.79 Å². The summed E-state index contributed by atoms with van der Waals surface area (Å²) in [5.74, 6) is -0.527. The molecule has 2 rings (SSSR count). The minimum absolute atomic E-state index is 0.214. The fourth-order valence-corrected chi connectivity index (χ4v) is 1.82. The van der Waals surface area contributed by atoms with Crippen LogP contribution in [-0.4, -0.2) is 5.91 Å². The van der Waals surface area contributed by atoms with E-state index in [0.29, 0.717) is 11.3 Å². The Hall–Kier alpha value is -2.36. The molecular weight excluding hydrogens is 243 g/mol. The van der Waals surface area contributed by atoms with E-state index >= 15 is 0 Å². The van der Waals surface area contributed by atoms with E-state index in [1.165, 1.54) is 12.1 Å². The van der Waals surface area contributed by atoms with E-state index in [0.717, 1.165) is 11.1 Å². The zero-order valence-electron chi connectivity index (χ0n) is 10.6. The molecule has 2 aromatic rings. The topological polar surface area (TPSA) is 55.1 Å². The largest absolute Gasteiger partial charge is 0.398 e. The van der Waals surface area contributed by atoms with E-state index in [-0.39, 0.29) is 18.3 Å². The lowest BCUT2D eigenvalue weighted by atomic mass is 10.1. The molecule has 98 valence electrons. The molecule has 0 fully saturated rings. The van der Waals surface area contributed by atoms with Crippen molar-refractivity contribution in [2.45, 2.75) is 13.5 Å². The maximum Gasteiger partial charge on any atom is 0.251 e. The Labute approximate surface area is 111 Å². The fourth-order valence-electron chi connectivity index (χ4n) is 1.82. The van der Waals surface area contributed by atoms with Crippen LogP contribution in [0.2, 0.25) is 0 Å². The summed E-state index contributed by atoms with van der Waals surface area (Å²) in [7, 11) is 0. The van der Waals surface area contributed by atoms with Crippen molar-refractivity contribution in [1.82, 2.24) is 5.32 Å². The van der Waals surface area contributed by atoms with Gasteiger partial charge < -0.3 is 11.1 Å². The number of rotatable bonds is 3. The normalized spacial score (nSPS) is 10.2. The molecule has 3 nitrogen and oxygen atoms in total. The number of hydrogen-bond acceptors (Lipinski definition) is 2. The summed E-state index contributed by atoms with van der Waals surface area (Å²) in [5, 5.41) is 2.75. The molecule has 0 aliphatic rings. The number of carbonyl (C=O) groups is 1. The van der Waals surface area contributed by atoms with E-state index in [9.17, 15) is 9.18 Å². The van der Waals surface area contributed by atoms with Gasteiger partial charge in [-0.25, -0.2) is 4.39 Å². The molecule has 0 saturated heterocycles. The Bertz CT molecular complexity index is 611. The number of halogens is 1. The highest BCUT2D eigenvalue weighted by Crippen LogP contribution is 2.15. The van der Waals surface area contributed by atoms with Crippen LogP contribution in [0.15, 0.2) is 42.5 Å². The molecule has 0 atom stereocenters. The van der Waals surface area contributed by atoms with Crippen LogP contribution in [0.25, 0.3) is 0 Å². The Kier molecular flexibility index (Phi) is 3.80. The van der Waals surface area contributed by atoms with Crippen molar-refractivity contribution < 1.29 is 9.18 Å². The minimum atomic E-state index is -0.313. The van der Waals surface area contributed by atoms with Crippen molar-refractivity contribution in [3.8, 4) is 0 Å². The number of carbonyl (C=O) groups excluding carboxylic acids is 1. The van der Waals surface area contributed by atoms with Crippen LogP contribution in [0.3, 0.4) is 0 Å². The first-order chi connectivity index (χ1) is 9.08. The molecule has 1 amide bonds. The molecule has 0 radical (unpaired) electrons. The highest BCUT2D eigenvalue weighted by Gasteiger charge is 2.10. The van der Waals surface area contributed by atoms with E-state index in [2.05, 4.69) is 5.32 Å². The standard InChI is InChI=1S/C15H15FN2O/c1-10-13(6-3-7-14(10)17)15(19)18-9-11-4-2-5-12(16)8-11/h2-8H,9,17H2,1H3,(H,18,19). The number of amides is 1. The second kappa shape index (κ2) is 5.52. The Balaban J connectivity index is 2.08. The van der Waals surface area contributed by atoms with Crippen LogP contribution in [0.4, 0.5) is 10.1 Å². The van der Waals surface area contributed by atoms with Crippen molar-refractivity contribution in [2.75, 3.05) is 5.73 Å². The summed E-state index contributed by atoms with van der Waals surface area (Å²) in [4.78, 5) is 12.0. The van der Waals surface area contributed by atoms with Gasteiger partial charge in [0, 0.05) is 17.8 Å². The second-order valence-corrected chi connectivity index (χ2v) is 4.33. The first-order valence-electron chi connectivity index (χ1n) is 5.95. The third kappa shape index (κ3) is 3.10. The van der Waals surface area contributed by atoms with E-state index in [4.69, 9.17) is 5.73 Å². The van der Waals surface area contributed by atoms with Gasteiger partial charge in [0.25, 0.3) is 5.91 Å². The fraction of sp³-hybridized carbons (Fsp3) is 0.133. The van der Waals surface area contributed by atoms with Gasteiger partial charge in [0.2, 0.25) is 0 Å². The van der Waals surface area contributed by atoms with Crippen molar-refractivity contribution in [1.29, 1.82) is 0 Å². The molecule has 0 aromatic heterocycles. The highest BCUT2D eigenvalue weighted by molar-refractivity contribution is 5.96. The van der Waals surface area contributed by atoms with Crippen molar-refractivity contribution in [3.63, 3.8) is 0 Å². The van der Waals surface area contributed by atoms with E-state index in [1.807, 2.05) is 0 Å². The molecule has 0 aliphatic heterocycles. The Morgan fingerprint density at radius 2 is 2.00 bits per heavy atom. The maximum atomic E-state index is 13.0. The van der Waals surface area contributed by atoms with Gasteiger partial charge in [0.05, 0.1) is 0 Å². The third-order valence-corrected chi connectivity index (χ3v) is 2.96. The molecule has 0 bridgehead atoms. The molecule has 4 heteroatoms. The molecule has 0 aliphatic carbocycles. The maximum absolute atomic E-state index is 13.0. The van der Waals surface area contributed by atoms with Gasteiger partial charge in [0.1, 0.15) is 5.82 Å². The van der Waals surface area contributed by atoms with Gasteiger partial charge in [0.15, 0.2) is 0 Å². The van der Waals surface area contributed by atoms with Crippen LogP contribution in [0.1, 0.15) is 21.5 Å². The zero-order chi connectivity index (χ0) is 13.8. The van der Waals surface area contributed by atoms with Crippen molar-refractivity contribution in [3.05, 3.63) is 65.0 Å². The predicted molar refractivity (Wildman–Crippen MR) is 73.2 cm³/mol. The number of nitrogens with two attached hydrogens (primary N) is 1. The predicted octanol–water partition coefficient (Wildman–Crippen LogP) is 2.65. The molecule has 0 unspecified atom stereocenters.